The Morgan fingerprint density at radius 3 is 1.50 bits per heavy atom. The second-order valence-electron chi connectivity index (χ2n) is 11.4. The fourth-order valence-corrected chi connectivity index (χ4v) is 5.81. The second-order valence-corrected chi connectivity index (χ2v) is 11.4. The van der Waals surface area contributed by atoms with E-state index in [1.54, 1.807) is 0 Å². The van der Waals surface area contributed by atoms with E-state index in [0.717, 1.165) is 25.7 Å². The van der Waals surface area contributed by atoms with Gasteiger partial charge in [-0.15, -0.1) is 0 Å². The first-order chi connectivity index (χ1) is 14.2. The highest BCUT2D eigenvalue weighted by Crippen LogP contribution is 2.38. The van der Waals surface area contributed by atoms with Crippen molar-refractivity contribution in [2.24, 2.45) is 11.8 Å². The number of hydrogen-bond acceptors (Lipinski definition) is 2. The average Bonchev–Trinajstić information content (AvgIpc) is 2.62. The number of carboxylic acid groups (broad SMARTS) is 1. The molecule has 1 aliphatic heterocycles. The summed E-state index contributed by atoms with van der Waals surface area (Å²) in [6.45, 7) is 11.1. The molecule has 0 spiro atoms. The first kappa shape index (κ1) is 27.5. The number of unbranched alkanes of at least 4 members (excludes halogenated alkanes) is 13. The molecule has 1 rings (SSSR count). The highest BCUT2D eigenvalue weighted by molar-refractivity contribution is 5.70. The van der Waals surface area contributed by atoms with Crippen molar-refractivity contribution in [3.63, 3.8) is 0 Å². The normalized spacial score (nSPS) is 19.6. The van der Waals surface area contributed by atoms with Gasteiger partial charge in [0.2, 0.25) is 0 Å². The summed E-state index contributed by atoms with van der Waals surface area (Å²) in [5.41, 5.74) is 0.0469. The number of hydrogen-bond donors (Lipinski definition) is 2. The molecule has 1 fully saturated rings. The maximum absolute atomic E-state index is 12.0. The first-order valence-corrected chi connectivity index (χ1v) is 13.2. The van der Waals surface area contributed by atoms with Crippen molar-refractivity contribution in [1.82, 2.24) is 5.32 Å². The molecule has 0 aliphatic carbocycles. The van der Waals surface area contributed by atoms with Crippen LogP contribution < -0.4 is 5.32 Å². The largest absolute Gasteiger partial charge is 0.481 e. The lowest BCUT2D eigenvalue weighted by atomic mass is 9.69. The van der Waals surface area contributed by atoms with E-state index in [1.165, 1.54) is 83.5 Å². The lowest BCUT2D eigenvalue weighted by Crippen LogP contribution is -2.59. The lowest BCUT2D eigenvalue weighted by Gasteiger charge is -2.48. The molecule has 0 aromatic rings. The molecule has 30 heavy (non-hydrogen) atoms. The van der Waals surface area contributed by atoms with Crippen molar-refractivity contribution in [1.29, 1.82) is 0 Å². The van der Waals surface area contributed by atoms with Crippen molar-refractivity contribution in [3.05, 3.63) is 0 Å². The molecule has 1 aliphatic rings. The Balaban J connectivity index is 2.10. The molecular formula is C27H53NO2. The molecule has 0 aromatic heterocycles. The summed E-state index contributed by atoms with van der Waals surface area (Å²) >= 11 is 0. The predicted molar refractivity (Wildman–Crippen MR) is 130 cm³/mol. The fraction of sp³-hybridized carbons (Fsp3) is 0.963. The van der Waals surface area contributed by atoms with Gasteiger partial charge in [-0.2, -0.15) is 0 Å². The quantitative estimate of drug-likeness (QED) is 0.232. The number of carbonyl (C=O) groups is 1. The zero-order chi connectivity index (χ0) is 22.5. The van der Waals surface area contributed by atoms with Gasteiger partial charge >= 0.3 is 5.97 Å². The van der Waals surface area contributed by atoms with Crippen molar-refractivity contribution >= 4 is 5.97 Å². The minimum absolute atomic E-state index is 0.0234. The molecule has 178 valence electrons. The molecule has 0 radical (unpaired) electrons. The van der Waals surface area contributed by atoms with Crippen LogP contribution in [0.3, 0.4) is 0 Å². The van der Waals surface area contributed by atoms with E-state index in [0.29, 0.717) is 0 Å². The van der Waals surface area contributed by atoms with Crippen LogP contribution in [-0.2, 0) is 4.79 Å². The van der Waals surface area contributed by atoms with Crippen molar-refractivity contribution in [3.8, 4) is 0 Å². The van der Waals surface area contributed by atoms with Crippen LogP contribution in [0.25, 0.3) is 0 Å². The highest BCUT2D eigenvalue weighted by atomic mass is 16.4. The smallest absolute Gasteiger partial charge is 0.306 e. The van der Waals surface area contributed by atoms with Gasteiger partial charge in [-0.1, -0.05) is 96.8 Å². The Morgan fingerprint density at radius 1 is 0.767 bits per heavy atom. The molecule has 0 aromatic carbocycles. The van der Waals surface area contributed by atoms with E-state index in [2.05, 4.69) is 39.9 Å². The summed E-state index contributed by atoms with van der Waals surface area (Å²) in [6.07, 6.45) is 21.6. The van der Waals surface area contributed by atoms with Crippen LogP contribution in [0.2, 0.25) is 0 Å². The molecule has 3 nitrogen and oxygen atoms in total. The van der Waals surface area contributed by atoms with Crippen LogP contribution in [0, 0.1) is 11.8 Å². The summed E-state index contributed by atoms with van der Waals surface area (Å²) in [5.74, 6) is -0.470. The van der Waals surface area contributed by atoms with Gasteiger partial charge < -0.3 is 10.4 Å². The van der Waals surface area contributed by atoms with Crippen LogP contribution in [0.1, 0.15) is 144 Å². The van der Waals surface area contributed by atoms with Crippen LogP contribution in [0.15, 0.2) is 0 Å². The van der Waals surface area contributed by atoms with Crippen LogP contribution in [0.5, 0.6) is 0 Å². The van der Waals surface area contributed by atoms with Gasteiger partial charge in [0, 0.05) is 11.1 Å². The summed E-state index contributed by atoms with van der Waals surface area (Å²) in [7, 11) is 0. The summed E-state index contributed by atoms with van der Waals surface area (Å²) < 4.78 is 0. The molecular weight excluding hydrogens is 370 g/mol. The van der Waals surface area contributed by atoms with E-state index in [-0.39, 0.29) is 22.9 Å². The predicted octanol–water partition coefficient (Wildman–Crippen LogP) is 8.12. The summed E-state index contributed by atoms with van der Waals surface area (Å²) in [4.78, 5) is 12.0. The van der Waals surface area contributed by atoms with Gasteiger partial charge in [0.1, 0.15) is 0 Å². The Bertz CT molecular complexity index is 442. The maximum atomic E-state index is 12.0. The van der Waals surface area contributed by atoms with E-state index in [9.17, 15) is 9.90 Å². The molecule has 1 atom stereocenters. The molecule has 1 unspecified atom stereocenters. The zero-order valence-electron chi connectivity index (χ0n) is 21.0. The number of rotatable bonds is 17. The SMILES string of the molecule is CCCCCCCCCCCCCCCCC(C(=O)O)C1CC(C)(C)NC(C)(C)C1. The third-order valence-electron chi connectivity index (χ3n) is 6.98. The third-order valence-corrected chi connectivity index (χ3v) is 6.98. The fourth-order valence-electron chi connectivity index (χ4n) is 5.81. The standard InChI is InChI=1S/C27H53NO2/c1-6-7-8-9-10-11-12-13-14-15-16-17-18-19-20-24(25(29)30)23-21-26(2,3)28-27(4,5)22-23/h23-24,28H,6-22H2,1-5H3,(H,29,30). The molecule has 0 amide bonds. The summed E-state index contributed by atoms with van der Waals surface area (Å²) in [6, 6.07) is 0. The highest BCUT2D eigenvalue weighted by Gasteiger charge is 2.42. The van der Waals surface area contributed by atoms with Crippen LogP contribution >= 0.6 is 0 Å². The van der Waals surface area contributed by atoms with Gasteiger partial charge in [0.25, 0.3) is 0 Å². The topological polar surface area (TPSA) is 49.3 Å². The van der Waals surface area contributed by atoms with Gasteiger partial charge in [0.15, 0.2) is 0 Å². The van der Waals surface area contributed by atoms with Crippen molar-refractivity contribution in [2.75, 3.05) is 0 Å². The van der Waals surface area contributed by atoms with Gasteiger partial charge in [-0.25, -0.2) is 0 Å². The Kier molecular flexibility index (Phi) is 13.3. The molecule has 3 heteroatoms. The first-order valence-electron chi connectivity index (χ1n) is 13.2. The number of nitrogens with one attached hydrogen (secondary N) is 1. The van der Waals surface area contributed by atoms with Gasteiger partial charge in [-0.05, 0) is 52.9 Å². The van der Waals surface area contributed by atoms with E-state index < -0.39 is 5.97 Å². The molecule has 2 N–H and O–H groups in total. The minimum Gasteiger partial charge on any atom is -0.481 e. The van der Waals surface area contributed by atoms with E-state index >= 15 is 0 Å². The van der Waals surface area contributed by atoms with E-state index in [4.69, 9.17) is 0 Å². The van der Waals surface area contributed by atoms with Crippen molar-refractivity contribution < 1.29 is 9.90 Å². The monoisotopic (exact) mass is 423 g/mol. The summed E-state index contributed by atoms with van der Waals surface area (Å²) in [5, 5.41) is 13.5. The Morgan fingerprint density at radius 2 is 1.13 bits per heavy atom. The number of aliphatic carboxylic acids is 1. The minimum atomic E-state index is -0.580. The van der Waals surface area contributed by atoms with E-state index in [1.807, 2.05) is 0 Å². The number of piperidine rings is 1. The van der Waals surface area contributed by atoms with Gasteiger partial charge in [-0.3, -0.25) is 4.79 Å². The van der Waals surface area contributed by atoms with Crippen molar-refractivity contribution in [2.45, 2.75) is 155 Å². The number of carboxylic acids is 1. The molecule has 1 heterocycles. The second kappa shape index (κ2) is 14.5. The molecule has 1 saturated heterocycles. The Labute approximate surface area is 188 Å². The third kappa shape index (κ3) is 12.3. The average molecular weight is 424 g/mol. The lowest BCUT2D eigenvalue weighted by molar-refractivity contribution is -0.145. The Hall–Kier alpha value is -0.570. The zero-order valence-corrected chi connectivity index (χ0v) is 21.0. The van der Waals surface area contributed by atoms with Crippen LogP contribution in [0.4, 0.5) is 0 Å². The van der Waals surface area contributed by atoms with Gasteiger partial charge in [0.05, 0.1) is 5.92 Å². The molecule has 0 bridgehead atoms. The maximum Gasteiger partial charge on any atom is 0.306 e. The van der Waals surface area contributed by atoms with Crippen LogP contribution in [-0.4, -0.2) is 22.2 Å². The molecule has 0 saturated carbocycles.